The van der Waals surface area contributed by atoms with Gasteiger partial charge in [-0.3, -0.25) is 4.68 Å². The normalized spacial score (nSPS) is 11.6. The van der Waals surface area contributed by atoms with Gasteiger partial charge in [0.15, 0.2) is 0 Å². The van der Waals surface area contributed by atoms with Crippen LogP contribution in [0.5, 0.6) is 5.75 Å². The molecule has 7 nitrogen and oxygen atoms in total. The number of ether oxygens (including phenoxy) is 1. The number of nitrogens with zero attached hydrogens (tertiary/aromatic N) is 3. The second-order valence-corrected chi connectivity index (χ2v) is 6.71. The van der Waals surface area contributed by atoms with E-state index in [1.807, 2.05) is 0 Å². The van der Waals surface area contributed by atoms with Crippen LogP contribution in [0.3, 0.4) is 0 Å². The molecule has 1 aromatic carbocycles. The molecule has 2 N–H and O–H groups in total. The van der Waals surface area contributed by atoms with Gasteiger partial charge >= 0.3 is 0 Å². The Kier molecular flexibility index (Phi) is 4.11. The maximum absolute atomic E-state index is 11.6. The van der Waals surface area contributed by atoms with Gasteiger partial charge in [-0.2, -0.15) is 0 Å². The molecule has 0 unspecified atom stereocenters. The highest BCUT2D eigenvalue weighted by molar-refractivity contribution is 9.10. The van der Waals surface area contributed by atoms with E-state index in [2.05, 4.69) is 26.2 Å². The van der Waals surface area contributed by atoms with Crippen molar-refractivity contribution in [2.75, 3.05) is 0 Å². The first-order valence-electron chi connectivity index (χ1n) is 5.58. The fourth-order valence-corrected chi connectivity index (χ4v) is 3.20. The summed E-state index contributed by atoms with van der Waals surface area (Å²) >= 11 is 3.24. The molecule has 0 radical (unpaired) electrons. The van der Waals surface area contributed by atoms with Gasteiger partial charge in [-0.25, -0.2) is 13.6 Å². The average Bonchev–Trinajstić information content (AvgIpc) is 2.72. The minimum atomic E-state index is -3.87. The Morgan fingerprint density at radius 2 is 2.15 bits per heavy atom. The molecule has 20 heavy (non-hydrogen) atoms. The van der Waals surface area contributed by atoms with E-state index >= 15 is 0 Å². The monoisotopic (exact) mass is 360 g/mol. The van der Waals surface area contributed by atoms with Crippen LogP contribution in [0.25, 0.3) is 0 Å². The van der Waals surface area contributed by atoms with Gasteiger partial charge in [0.25, 0.3) is 0 Å². The Labute approximate surface area is 124 Å². The molecule has 0 aliphatic heterocycles. The first-order valence-corrected chi connectivity index (χ1v) is 7.92. The van der Waals surface area contributed by atoms with Crippen LogP contribution in [0.4, 0.5) is 0 Å². The van der Waals surface area contributed by atoms with Gasteiger partial charge in [0.05, 0.1) is 6.20 Å². The van der Waals surface area contributed by atoms with E-state index in [9.17, 15) is 8.42 Å². The van der Waals surface area contributed by atoms with Crippen LogP contribution < -0.4 is 9.88 Å². The summed E-state index contributed by atoms with van der Waals surface area (Å²) in [6.07, 6.45) is 1.69. The van der Waals surface area contributed by atoms with Crippen molar-refractivity contribution in [2.24, 2.45) is 12.2 Å². The highest BCUT2D eigenvalue weighted by Gasteiger charge is 2.19. The van der Waals surface area contributed by atoms with Gasteiger partial charge in [-0.05, 0) is 24.6 Å². The third-order valence-electron chi connectivity index (χ3n) is 2.53. The van der Waals surface area contributed by atoms with E-state index in [1.165, 1.54) is 10.7 Å². The number of hydrogen-bond acceptors (Lipinski definition) is 5. The summed E-state index contributed by atoms with van der Waals surface area (Å²) in [6, 6.07) is 3.16. The molecule has 1 aromatic heterocycles. The van der Waals surface area contributed by atoms with Gasteiger partial charge in [-0.1, -0.05) is 21.1 Å². The summed E-state index contributed by atoms with van der Waals surface area (Å²) < 4.78 is 30.9. The average molecular weight is 361 g/mol. The zero-order chi connectivity index (χ0) is 14.9. The van der Waals surface area contributed by atoms with Gasteiger partial charge in [0.1, 0.15) is 22.9 Å². The Balaban J connectivity index is 2.35. The summed E-state index contributed by atoms with van der Waals surface area (Å²) in [5, 5.41) is 12.8. The zero-order valence-electron chi connectivity index (χ0n) is 10.9. The molecule has 0 aliphatic rings. The summed E-state index contributed by atoms with van der Waals surface area (Å²) in [7, 11) is -2.14. The molecule has 0 atom stereocenters. The van der Waals surface area contributed by atoms with E-state index in [0.29, 0.717) is 15.7 Å². The zero-order valence-corrected chi connectivity index (χ0v) is 13.3. The lowest BCUT2D eigenvalue weighted by molar-refractivity contribution is 0.291. The van der Waals surface area contributed by atoms with Crippen LogP contribution in [0.2, 0.25) is 0 Å². The third kappa shape index (κ3) is 3.35. The first kappa shape index (κ1) is 14.9. The van der Waals surface area contributed by atoms with Crippen LogP contribution in [0.15, 0.2) is 27.7 Å². The Hall–Kier alpha value is -1.45. The highest BCUT2D eigenvalue weighted by atomic mass is 79.9. The third-order valence-corrected chi connectivity index (χ3v) is 3.90. The number of nitrogens with two attached hydrogens (primary N) is 1. The van der Waals surface area contributed by atoms with E-state index in [4.69, 9.17) is 9.88 Å². The number of hydrogen-bond donors (Lipinski definition) is 1. The largest absolute Gasteiger partial charge is 0.485 e. The quantitative estimate of drug-likeness (QED) is 0.879. The predicted molar refractivity (Wildman–Crippen MR) is 75.6 cm³/mol. The number of halogens is 1. The van der Waals surface area contributed by atoms with E-state index in [-0.39, 0.29) is 17.3 Å². The number of primary sulfonamides is 1. The maximum Gasteiger partial charge on any atom is 0.241 e. The molecule has 2 rings (SSSR count). The van der Waals surface area contributed by atoms with Crippen molar-refractivity contribution in [3.8, 4) is 5.75 Å². The standard InChI is InChI=1S/C11H13BrN4O3S/c1-7-3-8(12)4-10(20(13,17)18)11(7)19-6-9-5-16(2)15-14-9/h3-5H,6H2,1-2H3,(H2,13,17,18). The van der Waals surface area contributed by atoms with Crippen molar-refractivity contribution in [3.63, 3.8) is 0 Å². The molecule has 0 spiro atoms. The first-order chi connectivity index (χ1) is 9.27. The van der Waals surface area contributed by atoms with Crippen molar-refractivity contribution < 1.29 is 13.2 Å². The Morgan fingerprint density at radius 1 is 1.45 bits per heavy atom. The summed E-state index contributed by atoms with van der Waals surface area (Å²) in [5.41, 5.74) is 1.25. The molecule has 2 aromatic rings. The van der Waals surface area contributed by atoms with Gasteiger partial charge in [0, 0.05) is 11.5 Å². The van der Waals surface area contributed by atoms with Gasteiger partial charge in [0.2, 0.25) is 10.0 Å². The van der Waals surface area contributed by atoms with E-state index < -0.39 is 10.0 Å². The molecule has 108 valence electrons. The van der Waals surface area contributed by atoms with Crippen molar-refractivity contribution in [2.45, 2.75) is 18.4 Å². The Morgan fingerprint density at radius 3 is 2.70 bits per heavy atom. The number of benzene rings is 1. The summed E-state index contributed by atoms with van der Waals surface area (Å²) in [4.78, 5) is -0.0618. The SMILES string of the molecule is Cc1cc(Br)cc(S(N)(=O)=O)c1OCc1cn(C)nn1. The number of aryl methyl sites for hydroxylation is 2. The summed E-state index contributed by atoms with van der Waals surface area (Å²) in [6.45, 7) is 1.85. The van der Waals surface area contributed by atoms with Gasteiger partial charge < -0.3 is 4.74 Å². The smallest absolute Gasteiger partial charge is 0.241 e. The van der Waals surface area contributed by atoms with Crippen molar-refractivity contribution >= 4 is 26.0 Å². The topological polar surface area (TPSA) is 100 Å². The fraction of sp³-hybridized carbons (Fsp3) is 0.273. The lowest BCUT2D eigenvalue weighted by Crippen LogP contribution is -2.14. The van der Waals surface area contributed by atoms with E-state index in [0.717, 1.165) is 0 Å². The van der Waals surface area contributed by atoms with Crippen LogP contribution in [0, 0.1) is 6.92 Å². The summed E-state index contributed by atoms with van der Waals surface area (Å²) in [5.74, 6) is 0.223. The molecule has 0 saturated heterocycles. The lowest BCUT2D eigenvalue weighted by atomic mass is 10.2. The van der Waals surface area contributed by atoms with Crippen LogP contribution in [0.1, 0.15) is 11.3 Å². The lowest BCUT2D eigenvalue weighted by Gasteiger charge is -2.12. The molecule has 0 aliphatic carbocycles. The number of aromatic nitrogens is 3. The molecule has 0 bridgehead atoms. The molecular formula is C11H13BrN4O3S. The van der Waals surface area contributed by atoms with Crippen LogP contribution in [-0.2, 0) is 23.7 Å². The minimum Gasteiger partial charge on any atom is -0.485 e. The van der Waals surface area contributed by atoms with Crippen molar-refractivity contribution in [3.05, 3.63) is 34.1 Å². The minimum absolute atomic E-state index is 0.0618. The van der Waals surface area contributed by atoms with Gasteiger partial charge in [-0.15, -0.1) is 5.10 Å². The van der Waals surface area contributed by atoms with Crippen molar-refractivity contribution in [1.82, 2.24) is 15.0 Å². The Bertz CT molecular complexity index is 742. The highest BCUT2D eigenvalue weighted by Crippen LogP contribution is 2.31. The van der Waals surface area contributed by atoms with Crippen molar-refractivity contribution in [1.29, 1.82) is 0 Å². The molecule has 0 saturated carbocycles. The molecule has 9 heteroatoms. The second kappa shape index (κ2) is 5.51. The van der Waals surface area contributed by atoms with Crippen LogP contribution in [-0.4, -0.2) is 23.4 Å². The molecular weight excluding hydrogens is 348 g/mol. The molecule has 0 amide bonds. The van der Waals surface area contributed by atoms with E-state index in [1.54, 1.807) is 26.2 Å². The molecule has 1 heterocycles. The predicted octanol–water partition coefficient (Wildman–Crippen LogP) is 1.11. The molecule has 0 fully saturated rings. The maximum atomic E-state index is 11.6. The van der Waals surface area contributed by atoms with Crippen LogP contribution >= 0.6 is 15.9 Å². The second-order valence-electron chi connectivity index (χ2n) is 4.27. The fourth-order valence-electron chi connectivity index (χ4n) is 1.70. The number of rotatable bonds is 4. The number of sulfonamides is 1.